The maximum Gasteiger partial charge on any atom is 0.111 e. The van der Waals surface area contributed by atoms with E-state index in [1.807, 2.05) is 24.3 Å². The number of benzene rings is 1. The molecule has 0 bridgehead atoms. The molecule has 0 spiro atoms. The largest absolute Gasteiger partial charge is 0.342 e. The molecule has 1 aromatic heterocycles. The van der Waals surface area contributed by atoms with Gasteiger partial charge in [0.15, 0.2) is 0 Å². The summed E-state index contributed by atoms with van der Waals surface area (Å²) in [5.74, 6) is 1.83. The summed E-state index contributed by atoms with van der Waals surface area (Å²) in [6, 6.07) is 8.07. The summed E-state index contributed by atoms with van der Waals surface area (Å²) < 4.78 is 0. The van der Waals surface area contributed by atoms with E-state index >= 15 is 0 Å². The van der Waals surface area contributed by atoms with Gasteiger partial charge in [0.2, 0.25) is 0 Å². The number of hydrogen-bond acceptors (Lipinski definition) is 2. The normalized spacial score (nSPS) is 13.6. The predicted octanol–water partition coefficient (Wildman–Crippen LogP) is 2.26. The van der Waals surface area contributed by atoms with Crippen LogP contribution in [0.1, 0.15) is 25.6 Å². The second-order valence-electron chi connectivity index (χ2n) is 4.23. The van der Waals surface area contributed by atoms with Gasteiger partial charge in [0.05, 0.1) is 11.0 Å². The molecular formula is C12H17N3. The van der Waals surface area contributed by atoms with Gasteiger partial charge >= 0.3 is 0 Å². The average Bonchev–Trinajstić information content (AvgIpc) is 2.61. The summed E-state index contributed by atoms with van der Waals surface area (Å²) in [5, 5.41) is 0. The van der Waals surface area contributed by atoms with Crippen molar-refractivity contribution in [2.75, 3.05) is 6.54 Å². The molecule has 0 saturated heterocycles. The minimum Gasteiger partial charge on any atom is -0.342 e. The smallest absolute Gasteiger partial charge is 0.111 e. The highest BCUT2D eigenvalue weighted by Crippen LogP contribution is 2.22. The van der Waals surface area contributed by atoms with E-state index in [0.29, 0.717) is 18.4 Å². The van der Waals surface area contributed by atoms with Crippen LogP contribution in [0.4, 0.5) is 0 Å². The lowest BCUT2D eigenvalue weighted by Crippen LogP contribution is -2.18. The van der Waals surface area contributed by atoms with Crippen molar-refractivity contribution >= 4 is 11.0 Å². The predicted molar refractivity (Wildman–Crippen MR) is 62.7 cm³/mol. The van der Waals surface area contributed by atoms with Crippen LogP contribution in [0.25, 0.3) is 11.0 Å². The van der Waals surface area contributed by atoms with Crippen molar-refractivity contribution in [3.05, 3.63) is 30.1 Å². The minimum absolute atomic E-state index is 0.317. The van der Waals surface area contributed by atoms with E-state index in [9.17, 15) is 0 Å². The Hall–Kier alpha value is -1.35. The van der Waals surface area contributed by atoms with Crippen LogP contribution in [0.2, 0.25) is 0 Å². The lowest BCUT2D eigenvalue weighted by Gasteiger charge is -2.15. The molecule has 0 aliphatic carbocycles. The van der Waals surface area contributed by atoms with Gasteiger partial charge in [-0.1, -0.05) is 26.0 Å². The maximum absolute atomic E-state index is 5.77. The molecule has 1 atom stereocenters. The van der Waals surface area contributed by atoms with Gasteiger partial charge < -0.3 is 10.7 Å². The van der Waals surface area contributed by atoms with Crippen molar-refractivity contribution in [3.8, 4) is 0 Å². The average molecular weight is 203 g/mol. The molecule has 1 heterocycles. The van der Waals surface area contributed by atoms with Gasteiger partial charge in [0.25, 0.3) is 0 Å². The van der Waals surface area contributed by atoms with Crippen LogP contribution in [-0.4, -0.2) is 16.5 Å². The zero-order valence-corrected chi connectivity index (χ0v) is 9.20. The van der Waals surface area contributed by atoms with Crippen molar-refractivity contribution in [3.63, 3.8) is 0 Å². The van der Waals surface area contributed by atoms with Gasteiger partial charge in [0.1, 0.15) is 5.82 Å². The monoisotopic (exact) mass is 203 g/mol. The molecular weight excluding hydrogens is 186 g/mol. The van der Waals surface area contributed by atoms with E-state index in [-0.39, 0.29) is 0 Å². The Balaban J connectivity index is 2.43. The van der Waals surface area contributed by atoms with Crippen molar-refractivity contribution in [2.45, 2.75) is 19.8 Å². The van der Waals surface area contributed by atoms with Crippen LogP contribution in [-0.2, 0) is 0 Å². The first kappa shape index (κ1) is 10.2. The lowest BCUT2D eigenvalue weighted by atomic mass is 9.95. The first-order valence-electron chi connectivity index (χ1n) is 5.37. The van der Waals surface area contributed by atoms with Gasteiger partial charge in [-0.2, -0.15) is 0 Å². The summed E-state index contributed by atoms with van der Waals surface area (Å²) in [7, 11) is 0. The highest BCUT2D eigenvalue weighted by atomic mass is 14.9. The Morgan fingerprint density at radius 1 is 1.33 bits per heavy atom. The number of H-pyrrole nitrogens is 1. The van der Waals surface area contributed by atoms with Crippen molar-refractivity contribution in [1.82, 2.24) is 9.97 Å². The number of nitrogens with zero attached hydrogens (tertiary/aromatic N) is 1. The van der Waals surface area contributed by atoms with E-state index in [2.05, 4.69) is 23.8 Å². The third kappa shape index (κ3) is 1.88. The molecule has 1 unspecified atom stereocenters. The number of hydrogen-bond donors (Lipinski definition) is 2. The van der Waals surface area contributed by atoms with Crippen LogP contribution in [0, 0.1) is 5.92 Å². The summed E-state index contributed by atoms with van der Waals surface area (Å²) in [4.78, 5) is 7.91. The van der Waals surface area contributed by atoms with Gasteiger partial charge in [0, 0.05) is 12.5 Å². The summed E-state index contributed by atoms with van der Waals surface area (Å²) in [5.41, 5.74) is 7.88. The number of imidazole rings is 1. The molecule has 80 valence electrons. The molecule has 0 aliphatic rings. The lowest BCUT2D eigenvalue weighted by molar-refractivity contribution is 0.488. The molecule has 0 fully saturated rings. The molecule has 0 aliphatic heterocycles. The van der Waals surface area contributed by atoms with Crippen molar-refractivity contribution < 1.29 is 0 Å². The molecule has 3 N–H and O–H groups in total. The van der Waals surface area contributed by atoms with Crippen LogP contribution in [0.15, 0.2) is 24.3 Å². The molecule has 2 rings (SSSR count). The van der Waals surface area contributed by atoms with E-state index in [4.69, 9.17) is 5.73 Å². The summed E-state index contributed by atoms with van der Waals surface area (Å²) >= 11 is 0. The van der Waals surface area contributed by atoms with Crippen LogP contribution >= 0.6 is 0 Å². The first-order valence-corrected chi connectivity index (χ1v) is 5.37. The van der Waals surface area contributed by atoms with E-state index in [1.165, 1.54) is 0 Å². The molecule has 15 heavy (non-hydrogen) atoms. The minimum atomic E-state index is 0.317. The van der Waals surface area contributed by atoms with Crippen molar-refractivity contribution in [1.29, 1.82) is 0 Å². The molecule has 3 nitrogen and oxygen atoms in total. The Kier molecular flexibility index (Phi) is 2.73. The topological polar surface area (TPSA) is 54.7 Å². The third-order valence-corrected chi connectivity index (χ3v) is 2.82. The molecule has 3 heteroatoms. The quantitative estimate of drug-likeness (QED) is 0.804. The highest BCUT2D eigenvalue weighted by Gasteiger charge is 2.17. The van der Waals surface area contributed by atoms with Gasteiger partial charge in [-0.25, -0.2) is 4.98 Å². The summed E-state index contributed by atoms with van der Waals surface area (Å²) in [6.07, 6.45) is 0. The van der Waals surface area contributed by atoms with E-state index < -0.39 is 0 Å². The Bertz CT molecular complexity index is 412. The number of aromatic nitrogens is 2. The number of fused-ring (bicyclic) bond motifs is 1. The fourth-order valence-corrected chi connectivity index (χ4v) is 1.85. The van der Waals surface area contributed by atoms with Crippen LogP contribution in [0.3, 0.4) is 0 Å². The zero-order chi connectivity index (χ0) is 10.8. The maximum atomic E-state index is 5.77. The zero-order valence-electron chi connectivity index (χ0n) is 9.20. The third-order valence-electron chi connectivity index (χ3n) is 2.82. The molecule has 2 aromatic rings. The van der Waals surface area contributed by atoms with Crippen LogP contribution < -0.4 is 5.73 Å². The number of para-hydroxylation sites is 2. The van der Waals surface area contributed by atoms with Gasteiger partial charge in [-0.05, 0) is 18.1 Å². The molecule has 1 aromatic carbocycles. The van der Waals surface area contributed by atoms with E-state index in [1.54, 1.807) is 0 Å². The van der Waals surface area contributed by atoms with Gasteiger partial charge in [-0.15, -0.1) is 0 Å². The highest BCUT2D eigenvalue weighted by molar-refractivity contribution is 5.74. The fraction of sp³-hybridized carbons (Fsp3) is 0.417. The molecule has 0 saturated carbocycles. The molecule has 0 radical (unpaired) electrons. The van der Waals surface area contributed by atoms with E-state index in [0.717, 1.165) is 16.9 Å². The number of rotatable bonds is 3. The number of nitrogens with two attached hydrogens (primary N) is 1. The van der Waals surface area contributed by atoms with Gasteiger partial charge in [-0.3, -0.25) is 0 Å². The molecule has 0 amide bonds. The van der Waals surface area contributed by atoms with Crippen molar-refractivity contribution in [2.24, 2.45) is 11.7 Å². The van der Waals surface area contributed by atoms with Crippen LogP contribution in [0.5, 0.6) is 0 Å². The standard InChI is InChI=1S/C12H17N3/c1-8(2)9(7-13)12-14-10-5-3-4-6-11(10)15-12/h3-6,8-9H,7,13H2,1-2H3,(H,14,15). The Morgan fingerprint density at radius 3 is 2.67 bits per heavy atom. The number of nitrogens with one attached hydrogen (secondary N) is 1. The Morgan fingerprint density at radius 2 is 2.07 bits per heavy atom. The summed E-state index contributed by atoms with van der Waals surface area (Å²) in [6.45, 7) is 4.98. The second-order valence-corrected chi connectivity index (χ2v) is 4.23. The fourth-order valence-electron chi connectivity index (χ4n) is 1.85. The first-order chi connectivity index (χ1) is 7.22. The Labute approximate surface area is 89.7 Å². The second kappa shape index (κ2) is 4.03. The SMILES string of the molecule is CC(C)C(CN)c1nc2ccccc2[nH]1. The number of aromatic amines is 1.